The Morgan fingerprint density at radius 1 is 1.21 bits per heavy atom. The number of fused-ring (bicyclic) bond motifs is 2. The van der Waals surface area contributed by atoms with Gasteiger partial charge in [0.05, 0.1) is 41.8 Å². The lowest BCUT2D eigenvalue weighted by Crippen LogP contribution is -2.59. The topological polar surface area (TPSA) is 130 Å². The third-order valence-corrected chi connectivity index (χ3v) is 8.94. The monoisotopic (exact) mass is 556 g/mol. The number of hydrogen-bond donors (Lipinski definition) is 3. The van der Waals surface area contributed by atoms with E-state index in [9.17, 15) is 18.9 Å². The standard InChI is InChI=1S/C28H40N6O4S/c1-16-14-21(18-10-8-9-11-20(18)30-16)31-26(36)19-15-34(39(7)38)22-12-13-33(23(19)22)27(37)24(28(3,4)5)32-25(35)17(2)29-6/h8-11,14,17,19,22-24,29H,12-13,15H2,1-7H3,(H,32,35)(H,30,31,36)/t17-,19-,22+,23+,24?,39?/m0/s1. The second kappa shape index (κ2) is 11.4. The molecule has 3 N–H and O–H groups in total. The number of likely N-dealkylation sites (N-methyl/N-ethyl adjacent to an activating group) is 1. The van der Waals surface area contributed by atoms with Crippen molar-refractivity contribution in [2.24, 2.45) is 11.3 Å². The van der Waals surface area contributed by atoms with E-state index in [-0.39, 0.29) is 30.3 Å². The summed E-state index contributed by atoms with van der Waals surface area (Å²) in [6, 6.07) is 7.55. The van der Waals surface area contributed by atoms with Crippen molar-refractivity contribution in [3.8, 4) is 0 Å². The van der Waals surface area contributed by atoms with Crippen LogP contribution in [0.15, 0.2) is 30.3 Å². The summed E-state index contributed by atoms with van der Waals surface area (Å²) in [4.78, 5) is 47.0. The molecule has 0 radical (unpaired) electrons. The van der Waals surface area contributed by atoms with Crippen molar-refractivity contribution in [3.63, 3.8) is 0 Å². The number of nitrogens with one attached hydrogen (secondary N) is 3. The maximum atomic E-state index is 14.1. The minimum absolute atomic E-state index is 0.209. The zero-order valence-electron chi connectivity index (χ0n) is 23.8. The Bertz CT molecular complexity index is 1250. The summed E-state index contributed by atoms with van der Waals surface area (Å²) in [6.07, 6.45) is 2.22. The molecule has 2 aromatic rings. The van der Waals surface area contributed by atoms with Gasteiger partial charge in [-0.1, -0.05) is 39.0 Å². The van der Waals surface area contributed by atoms with Gasteiger partial charge in [-0.2, -0.15) is 0 Å². The first-order valence-electron chi connectivity index (χ1n) is 13.4. The van der Waals surface area contributed by atoms with Crippen LogP contribution in [0.2, 0.25) is 0 Å². The molecule has 39 heavy (non-hydrogen) atoms. The van der Waals surface area contributed by atoms with Crippen molar-refractivity contribution in [1.82, 2.24) is 24.8 Å². The Morgan fingerprint density at radius 3 is 2.54 bits per heavy atom. The normalized spacial score (nSPS) is 23.8. The van der Waals surface area contributed by atoms with Crippen LogP contribution in [0.25, 0.3) is 10.9 Å². The summed E-state index contributed by atoms with van der Waals surface area (Å²) in [5, 5.41) is 9.77. The minimum Gasteiger partial charge on any atom is -0.598 e. The summed E-state index contributed by atoms with van der Waals surface area (Å²) in [6.45, 7) is 10.1. The molecule has 212 valence electrons. The molecular weight excluding hydrogens is 516 g/mol. The first kappa shape index (κ1) is 29.3. The van der Waals surface area contributed by atoms with Crippen molar-refractivity contribution in [3.05, 3.63) is 36.0 Å². The Labute approximate surface area is 233 Å². The van der Waals surface area contributed by atoms with E-state index >= 15 is 0 Å². The van der Waals surface area contributed by atoms with Crippen molar-refractivity contribution < 1.29 is 18.9 Å². The number of hydrogen-bond acceptors (Lipinski definition) is 7. The van der Waals surface area contributed by atoms with Gasteiger partial charge in [-0.25, -0.2) is 0 Å². The van der Waals surface area contributed by atoms with Gasteiger partial charge >= 0.3 is 0 Å². The highest BCUT2D eigenvalue weighted by Gasteiger charge is 2.57. The Hall–Kier alpha value is -2.73. The molecule has 2 aliphatic rings. The number of likely N-dealkylation sites (tertiary alicyclic amines) is 1. The smallest absolute Gasteiger partial charge is 0.246 e. The van der Waals surface area contributed by atoms with Crippen molar-refractivity contribution >= 4 is 45.7 Å². The summed E-state index contributed by atoms with van der Waals surface area (Å²) in [5.41, 5.74) is 1.66. The number of pyridine rings is 1. The third-order valence-electron chi connectivity index (χ3n) is 7.86. The largest absolute Gasteiger partial charge is 0.598 e. The molecule has 0 spiro atoms. The number of carbonyl (C=O) groups excluding carboxylic acids is 3. The molecule has 0 aliphatic carbocycles. The number of carbonyl (C=O) groups is 3. The zero-order chi connectivity index (χ0) is 28.6. The maximum Gasteiger partial charge on any atom is 0.246 e. The molecule has 0 saturated carbocycles. The SMILES string of the molecule is CN[C@@H](C)C(=O)NC(C(=O)N1CC[C@@H]2[C@H]1[C@@H](C(=O)Nc1cc(C)nc3ccccc13)CN2[S+](C)[O-])C(C)(C)C. The molecule has 2 saturated heterocycles. The molecule has 10 nitrogen and oxygen atoms in total. The fourth-order valence-electron chi connectivity index (χ4n) is 5.68. The molecule has 11 heteroatoms. The quantitative estimate of drug-likeness (QED) is 0.444. The van der Waals surface area contributed by atoms with Crippen LogP contribution in [0, 0.1) is 18.3 Å². The molecule has 1 aromatic carbocycles. The van der Waals surface area contributed by atoms with Crippen LogP contribution in [0.3, 0.4) is 0 Å². The van der Waals surface area contributed by atoms with Gasteiger partial charge in [0.15, 0.2) is 0 Å². The Balaban J connectivity index is 1.64. The predicted octanol–water partition coefficient (Wildman–Crippen LogP) is 1.82. The summed E-state index contributed by atoms with van der Waals surface area (Å²) < 4.78 is 14.5. The van der Waals surface area contributed by atoms with Crippen LogP contribution in [-0.2, 0) is 25.7 Å². The predicted molar refractivity (Wildman–Crippen MR) is 153 cm³/mol. The highest BCUT2D eigenvalue weighted by Crippen LogP contribution is 2.39. The third kappa shape index (κ3) is 5.91. The number of para-hydroxylation sites is 1. The van der Waals surface area contributed by atoms with Gasteiger partial charge in [-0.05, 0) is 44.9 Å². The fourth-order valence-corrected chi connectivity index (χ4v) is 6.66. The number of benzene rings is 1. The van der Waals surface area contributed by atoms with Crippen LogP contribution >= 0.6 is 0 Å². The van der Waals surface area contributed by atoms with Gasteiger partial charge in [-0.15, -0.1) is 4.31 Å². The van der Waals surface area contributed by atoms with Crippen molar-refractivity contribution in [1.29, 1.82) is 0 Å². The molecule has 0 bridgehead atoms. The summed E-state index contributed by atoms with van der Waals surface area (Å²) >= 11 is -1.31. The minimum atomic E-state index is -1.31. The molecule has 4 rings (SSSR count). The molecule has 2 unspecified atom stereocenters. The molecule has 3 amide bonds. The van der Waals surface area contributed by atoms with Crippen LogP contribution in [0.1, 0.15) is 39.8 Å². The number of nitrogens with zero attached hydrogens (tertiary/aromatic N) is 3. The molecule has 2 aliphatic heterocycles. The lowest BCUT2D eigenvalue weighted by atomic mass is 9.85. The second-order valence-electron chi connectivity index (χ2n) is 11.6. The van der Waals surface area contributed by atoms with E-state index in [1.807, 2.05) is 62.3 Å². The van der Waals surface area contributed by atoms with E-state index in [0.29, 0.717) is 18.7 Å². The summed E-state index contributed by atoms with van der Waals surface area (Å²) in [5.74, 6) is -1.31. The second-order valence-corrected chi connectivity index (χ2v) is 13.0. The van der Waals surface area contributed by atoms with Crippen molar-refractivity contribution in [2.75, 3.05) is 31.7 Å². The van der Waals surface area contributed by atoms with E-state index in [1.165, 1.54) is 0 Å². The number of anilines is 1. The molecule has 2 fully saturated rings. The lowest BCUT2D eigenvalue weighted by molar-refractivity contribution is -0.141. The van der Waals surface area contributed by atoms with Gasteiger partial charge in [0.2, 0.25) is 17.7 Å². The molecule has 3 heterocycles. The van der Waals surface area contributed by atoms with Crippen LogP contribution in [-0.4, -0.2) is 87.0 Å². The highest BCUT2D eigenvalue weighted by molar-refractivity contribution is 7.88. The van der Waals surface area contributed by atoms with E-state index in [2.05, 4.69) is 20.9 Å². The zero-order valence-corrected chi connectivity index (χ0v) is 24.6. The van der Waals surface area contributed by atoms with Gasteiger partial charge in [0.25, 0.3) is 0 Å². The number of rotatable bonds is 7. The number of amides is 3. The highest BCUT2D eigenvalue weighted by atomic mass is 32.2. The van der Waals surface area contributed by atoms with Crippen LogP contribution in [0.5, 0.6) is 0 Å². The van der Waals surface area contributed by atoms with Crippen LogP contribution in [0.4, 0.5) is 5.69 Å². The average molecular weight is 557 g/mol. The summed E-state index contributed by atoms with van der Waals surface area (Å²) in [7, 11) is 1.69. The van der Waals surface area contributed by atoms with E-state index in [1.54, 1.807) is 25.1 Å². The Morgan fingerprint density at radius 2 is 1.90 bits per heavy atom. The van der Waals surface area contributed by atoms with E-state index < -0.39 is 40.8 Å². The first-order chi connectivity index (χ1) is 18.3. The fraction of sp³-hybridized carbons (Fsp3) is 0.571. The van der Waals surface area contributed by atoms with Crippen molar-refractivity contribution in [2.45, 2.75) is 65.2 Å². The Kier molecular flexibility index (Phi) is 8.55. The van der Waals surface area contributed by atoms with Crippen LogP contribution < -0.4 is 16.0 Å². The first-order valence-corrected chi connectivity index (χ1v) is 14.9. The molecule has 6 atom stereocenters. The average Bonchev–Trinajstić information content (AvgIpc) is 3.46. The van der Waals surface area contributed by atoms with E-state index in [4.69, 9.17) is 0 Å². The van der Waals surface area contributed by atoms with Gasteiger partial charge in [0.1, 0.15) is 12.3 Å². The number of aryl methyl sites for hydroxylation is 1. The maximum absolute atomic E-state index is 14.1. The molecular formula is C28H40N6O4S. The molecule has 1 aromatic heterocycles. The number of aromatic nitrogens is 1. The van der Waals surface area contributed by atoms with Gasteiger partial charge in [-0.3, -0.25) is 19.4 Å². The lowest BCUT2D eigenvalue weighted by Gasteiger charge is -2.37. The van der Waals surface area contributed by atoms with Gasteiger partial charge in [0, 0.05) is 29.0 Å². The van der Waals surface area contributed by atoms with Gasteiger partial charge < -0.3 is 25.4 Å². The van der Waals surface area contributed by atoms with E-state index in [0.717, 1.165) is 16.6 Å².